The van der Waals surface area contributed by atoms with E-state index in [2.05, 4.69) is 34.3 Å². The summed E-state index contributed by atoms with van der Waals surface area (Å²) < 4.78 is 54.0. The average Bonchev–Trinajstić information content (AvgIpc) is 3.06. The minimum atomic E-state index is -4.53. The van der Waals surface area contributed by atoms with E-state index in [0.717, 1.165) is 38.9 Å². The van der Waals surface area contributed by atoms with E-state index in [1.165, 1.54) is 25.4 Å². The van der Waals surface area contributed by atoms with E-state index >= 15 is 0 Å². The summed E-state index contributed by atoms with van der Waals surface area (Å²) in [7, 11) is 0. The molecule has 1 fully saturated rings. The van der Waals surface area contributed by atoms with Crippen LogP contribution in [0.1, 0.15) is 22.3 Å². The number of benzene rings is 3. The molecule has 0 spiro atoms. The van der Waals surface area contributed by atoms with Gasteiger partial charge in [0.15, 0.2) is 0 Å². The topological polar surface area (TPSA) is 137 Å². The van der Waals surface area contributed by atoms with Crippen LogP contribution < -0.4 is 24.2 Å². The maximum Gasteiger partial charge on any atom is 0.416 e. The third kappa shape index (κ3) is 9.08. The van der Waals surface area contributed by atoms with Crippen LogP contribution in [0.5, 0.6) is 5.75 Å². The summed E-state index contributed by atoms with van der Waals surface area (Å²) in [5.41, 5.74) is 1.56. The van der Waals surface area contributed by atoms with Crippen LogP contribution in [-0.4, -0.2) is 66.1 Å². The zero-order valence-corrected chi connectivity index (χ0v) is 27.4. The minimum absolute atomic E-state index is 0.0167. The fraction of sp³-hybridized carbons (Fsp3) is 0.250. The van der Waals surface area contributed by atoms with Gasteiger partial charge in [0.1, 0.15) is 30.3 Å². The maximum atomic E-state index is 13.2. The predicted octanol–water partition coefficient (Wildman–Crippen LogP) is 7.08. The number of hydrogen-bond acceptors (Lipinski definition) is 9. The number of aryl methyl sites for hydroxylation is 1. The Kier molecular flexibility index (Phi) is 11.1. The molecule has 3 aromatic carbocycles. The number of alkyl halides is 3. The van der Waals surface area contributed by atoms with Gasteiger partial charge in [-0.15, -0.1) is 0 Å². The molecule has 1 aliphatic heterocycles. The van der Waals surface area contributed by atoms with Crippen molar-refractivity contribution in [1.82, 2.24) is 14.9 Å². The summed E-state index contributed by atoms with van der Waals surface area (Å²) in [5, 5.41) is 17.2. The average molecular weight is 761 g/mol. The Hall–Kier alpha value is -4.48. The number of rotatable bonds is 11. The lowest BCUT2D eigenvalue weighted by atomic mass is 10.0. The number of amides is 2. The molecule has 1 aliphatic rings. The second-order valence-corrected chi connectivity index (χ2v) is 11.1. The summed E-state index contributed by atoms with van der Waals surface area (Å²) in [5.74, 6) is 1.53. The molecule has 2 amide bonds. The lowest BCUT2D eigenvalue weighted by molar-refractivity contribution is -0.138. The zero-order valence-electron chi connectivity index (χ0n) is 25.2. The number of urea groups is 1. The number of aromatic nitrogens is 2. The molecule has 15 heteroatoms. The third-order valence-corrected chi connectivity index (χ3v) is 7.83. The smallest absolute Gasteiger partial charge is 0.416 e. The van der Waals surface area contributed by atoms with Gasteiger partial charge in [0, 0.05) is 42.3 Å². The first kappa shape index (κ1) is 33.9. The van der Waals surface area contributed by atoms with Crippen LogP contribution in [0.3, 0.4) is 0 Å². The molecule has 0 bridgehead atoms. The monoisotopic (exact) mass is 760 g/mol. The second kappa shape index (κ2) is 15.4. The Morgan fingerprint density at radius 2 is 1.60 bits per heavy atom. The third-order valence-electron chi connectivity index (χ3n) is 7.32. The molecule has 1 aromatic heterocycles. The Labute approximate surface area is 283 Å². The van der Waals surface area contributed by atoms with Gasteiger partial charge in [-0.25, -0.2) is 14.8 Å². The molecule has 47 heavy (non-hydrogen) atoms. The van der Waals surface area contributed by atoms with E-state index in [9.17, 15) is 18.0 Å². The Morgan fingerprint density at radius 3 is 2.28 bits per heavy atom. The van der Waals surface area contributed by atoms with Gasteiger partial charge in [-0.05, 0) is 73.2 Å². The lowest BCUT2D eigenvalue weighted by Crippen LogP contribution is -2.38. The van der Waals surface area contributed by atoms with Crippen LogP contribution in [0, 0.1) is 12.3 Å². The second-order valence-electron chi connectivity index (χ2n) is 10.6. The number of nitrogens with one attached hydrogen (secondary N) is 5. The van der Waals surface area contributed by atoms with Crippen LogP contribution in [0.4, 0.5) is 46.7 Å². The Morgan fingerprint density at radius 1 is 0.957 bits per heavy atom. The van der Waals surface area contributed by atoms with Crippen molar-refractivity contribution < 1.29 is 27.4 Å². The molecule has 4 aromatic rings. The molecule has 5 rings (SSSR count). The van der Waals surface area contributed by atoms with Gasteiger partial charge in [0.25, 0.3) is 0 Å². The molecule has 0 radical (unpaired) electrons. The van der Waals surface area contributed by atoms with Gasteiger partial charge >= 0.3 is 12.2 Å². The first-order valence-electron chi connectivity index (χ1n) is 14.6. The van der Waals surface area contributed by atoms with Crippen LogP contribution in [0.15, 0.2) is 73.1 Å². The van der Waals surface area contributed by atoms with Gasteiger partial charge < -0.3 is 29.0 Å². The number of carbonyl (C=O) groups excluding carboxylic acids is 1. The molecule has 0 aliphatic carbocycles. The van der Waals surface area contributed by atoms with Gasteiger partial charge in [-0.3, -0.25) is 10.3 Å². The normalized spacial score (nSPS) is 13.5. The van der Waals surface area contributed by atoms with E-state index in [1.54, 1.807) is 24.3 Å². The van der Waals surface area contributed by atoms with Crippen molar-refractivity contribution in [2.75, 3.05) is 58.9 Å². The number of hydrogen-bond donors (Lipinski definition) is 5. The standard InChI is InChI=1S/C32H32F3IN8O3/c1-20-2-5-24(18-26(20)32(33,34)35)42-31(45)41-23-8-6-22(7-9-23)40-29-27(30(43-36)39-19-38-29)28(37)21-3-10-25(11-4-21)47-17-14-44-12-15-46-16-13-44/h2-11,18-19,37H,12-17H2,1H3,(H2,41,42,45)(H2,38,39,40,43). The number of anilines is 5. The quantitative estimate of drug-likeness (QED) is 0.0622. The molecule has 0 unspecified atom stereocenters. The maximum absolute atomic E-state index is 13.2. The summed E-state index contributed by atoms with van der Waals surface area (Å²) >= 11 is 1.95. The van der Waals surface area contributed by atoms with Crippen molar-refractivity contribution in [3.63, 3.8) is 0 Å². The minimum Gasteiger partial charge on any atom is -0.492 e. The van der Waals surface area contributed by atoms with Crippen LogP contribution in [-0.2, 0) is 10.9 Å². The van der Waals surface area contributed by atoms with Crippen molar-refractivity contribution in [3.8, 4) is 5.75 Å². The fourth-order valence-corrected chi connectivity index (χ4v) is 5.25. The Bertz CT molecular complexity index is 1700. The fourth-order valence-electron chi connectivity index (χ4n) is 4.84. The van der Waals surface area contributed by atoms with Crippen molar-refractivity contribution in [2.24, 2.45) is 0 Å². The van der Waals surface area contributed by atoms with Crippen molar-refractivity contribution in [1.29, 1.82) is 5.41 Å². The molecule has 11 nitrogen and oxygen atoms in total. The van der Waals surface area contributed by atoms with E-state index in [1.807, 2.05) is 47.1 Å². The van der Waals surface area contributed by atoms with Gasteiger partial charge in [0.2, 0.25) is 0 Å². The van der Waals surface area contributed by atoms with Crippen LogP contribution in [0.25, 0.3) is 0 Å². The highest BCUT2D eigenvalue weighted by molar-refractivity contribution is 14.1. The predicted molar refractivity (Wildman–Crippen MR) is 183 cm³/mol. The number of morpholine rings is 1. The van der Waals surface area contributed by atoms with Crippen LogP contribution >= 0.6 is 22.9 Å². The number of ether oxygens (including phenoxy) is 2. The molecule has 0 atom stereocenters. The number of carbonyl (C=O) groups is 1. The first-order valence-corrected chi connectivity index (χ1v) is 15.7. The molecule has 5 N–H and O–H groups in total. The van der Waals surface area contributed by atoms with Gasteiger partial charge in [-0.2, -0.15) is 13.2 Å². The highest BCUT2D eigenvalue weighted by Gasteiger charge is 2.32. The summed E-state index contributed by atoms with van der Waals surface area (Å²) in [6.07, 6.45) is -3.15. The zero-order chi connectivity index (χ0) is 33.4. The molecular formula is C32H32F3IN8O3. The largest absolute Gasteiger partial charge is 0.492 e. The van der Waals surface area contributed by atoms with Crippen molar-refractivity contribution >= 4 is 63.3 Å². The van der Waals surface area contributed by atoms with Crippen LogP contribution in [0.2, 0.25) is 0 Å². The van der Waals surface area contributed by atoms with Gasteiger partial charge in [0.05, 0.1) is 52.9 Å². The summed E-state index contributed by atoms with van der Waals surface area (Å²) in [4.78, 5) is 23.4. The van der Waals surface area contributed by atoms with E-state index in [-0.39, 0.29) is 17.0 Å². The first-order chi connectivity index (χ1) is 22.6. The SMILES string of the molecule is Cc1ccc(NC(=O)Nc2ccc(Nc3ncnc(NI)c3C(=N)c3ccc(OCCN4CCOCC4)cc3)cc2)cc1C(F)(F)F. The molecule has 2 heterocycles. The number of halogens is 4. The molecule has 246 valence electrons. The Balaban J connectivity index is 1.22. The highest BCUT2D eigenvalue weighted by atomic mass is 127. The van der Waals surface area contributed by atoms with Crippen molar-refractivity contribution in [2.45, 2.75) is 13.1 Å². The van der Waals surface area contributed by atoms with E-state index in [0.29, 0.717) is 46.5 Å². The van der Waals surface area contributed by atoms with Crippen molar-refractivity contribution in [3.05, 3.63) is 95.3 Å². The molecule has 1 saturated heterocycles. The van der Waals surface area contributed by atoms with E-state index in [4.69, 9.17) is 14.9 Å². The number of nitrogens with zero attached hydrogens (tertiary/aromatic N) is 3. The summed E-state index contributed by atoms with van der Waals surface area (Å²) in [6, 6.07) is 16.8. The van der Waals surface area contributed by atoms with Gasteiger partial charge in [-0.1, -0.05) is 6.07 Å². The highest BCUT2D eigenvalue weighted by Crippen LogP contribution is 2.33. The molecule has 0 saturated carbocycles. The lowest BCUT2D eigenvalue weighted by Gasteiger charge is -2.26. The molecular weight excluding hydrogens is 728 g/mol. The summed E-state index contributed by atoms with van der Waals surface area (Å²) in [6.45, 7) is 5.98. The van der Waals surface area contributed by atoms with E-state index < -0.39 is 17.8 Å².